The minimum atomic E-state index is -0.129. The number of aromatic nitrogens is 4. The van der Waals surface area contributed by atoms with Gasteiger partial charge in [-0.05, 0) is 45.1 Å². The van der Waals surface area contributed by atoms with E-state index in [9.17, 15) is 9.59 Å². The Morgan fingerprint density at radius 3 is 2.48 bits per heavy atom. The van der Waals surface area contributed by atoms with Gasteiger partial charge in [-0.1, -0.05) is 18.3 Å². The molecule has 0 aromatic carbocycles. The van der Waals surface area contributed by atoms with Gasteiger partial charge >= 0.3 is 0 Å². The SMILES string of the molecule is CC(=O)c1c(C)nn(C(C)CC(=O)NCc2snnc2C(C)C)c1C. The van der Waals surface area contributed by atoms with E-state index in [0.29, 0.717) is 24.2 Å². The molecule has 1 amide bonds. The predicted octanol–water partition coefficient (Wildman–Crippen LogP) is 2.94. The minimum absolute atomic E-state index is 0.00295. The van der Waals surface area contributed by atoms with Crippen molar-refractivity contribution >= 4 is 23.2 Å². The Labute approximate surface area is 152 Å². The predicted molar refractivity (Wildman–Crippen MR) is 96.9 cm³/mol. The van der Waals surface area contributed by atoms with Crippen LogP contribution in [-0.4, -0.2) is 31.1 Å². The maximum atomic E-state index is 12.3. The van der Waals surface area contributed by atoms with Gasteiger partial charge in [0.25, 0.3) is 0 Å². The molecule has 1 unspecified atom stereocenters. The number of hydrogen-bond donors (Lipinski definition) is 1. The van der Waals surface area contributed by atoms with Crippen molar-refractivity contribution in [2.75, 3.05) is 0 Å². The molecule has 0 aliphatic heterocycles. The quantitative estimate of drug-likeness (QED) is 0.764. The van der Waals surface area contributed by atoms with E-state index in [0.717, 1.165) is 16.3 Å². The summed E-state index contributed by atoms with van der Waals surface area (Å²) in [6, 6.07) is -0.129. The third-order valence-corrected chi connectivity index (χ3v) is 4.89. The molecule has 0 fully saturated rings. The zero-order valence-corrected chi connectivity index (χ0v) is 16.4. The number of nitrogens with zero attached hydrogens (tertiary/aromatic N) is 4. The summed E-state index contributed by atoms with van der Waals surface area (Å²) in [6.07, 6.45) is 0.294. The summed E-state index contributed by atoms with van der Waals surface area (Å²) in [5, 5.41) is 11.5. The molecule has 0 saturated heterocycles. The summed E-state index contributed by atoms with van der Waals surface area (Å²) in [5.74, 6) is 0.216. The maximum Gasteiger partial charge on any atom is 0.222 e. The Morgan fingerprint density at radius 2 is 1.92 bits per heavy atom. The highest BCUT2D eigenvalue weighted by Gasteiger charge is 2.20. The molecule has 2 heterocycles. The lowest BCUT2D eigenvalue weighted by Crippen LogP contribution is -2.26. The molecule has 0 bridgehead atoms. The lowest BCUT2D eigenvalue weighted by Gasteiger charge is -2.14. The molecule has 0 aliphatic rings. The van der Waals surface area contributed by atoms with Crippen LogP contribution in [0.1, 0.15) is 78.4 Å². The van der Waals surface area contributed by atoms with Gasteiger partial charge in [0.15, 0.2) is 5.78 Å². The highest BCUT2D eigenvalue weighted by Crippen LogP contribution is 2.21. The first kappa shape index (κ1) is 19.2. The Balaban J connectivity index is 2.00. The largest absolute Gasteiger partial charge is 0.351 e. The van der Waals surface area contributed by atoms with Crippen LogP contribution < -0.4 is 5.32 Å². The van der Waals surface area contributed by atoms with E-state index in [1.54, 1.807) is 4.68 Å². The van der Waals surface area contributed by atoms with Gasteiger partial charge in [0, 0.05) is 12.1 Å². The molecule has 0 aliphatic carbocycles. The molecular weight excluding hydrogens is 338 g/mol. The number of carbonyl (C=O) groups is 2. The van der Waals surface area contributed by atoms with Gasteiger partial charge in [0.2, 0.25) is 5.91 Å². The van der Waals surface area contributed by atoms with Crippen LogP contribution in [0.2, 0.25) is 0 Å². The van der Waals surface area contributed by atoms with Crippen molar-refractivity contribution < 1.29 is 9.59 Å². The first-order valence-electron chi connectivity index (χ1n) is 8.36. The van der Waals surface area contributed by atoms with Crippen LogP contribution in [0.15, 0.2) is 0 Å². The van der Waals surface area contributed by atoms with Crippen LogP contribution in [0.4, 0.5) is 0 Å². The fourth-order valence-electron chi connectivity index (χ4n) is 2.98. The second-order valence-electron chi connectivity index (χ2n) is 6.61. The number of Topliss-reactive ketones (excluding diaryl/α,β-unsaturated/α-hetero) is 1. The number of carbonyl (C=O) groups excluding carboxylic acids is 2. The molecule has 7 nitrogen and oxygen atoms in total. The summed E-state index contributed by atoms with van der Waals surface area (Å²) in [7, 11) is 0. The van der Waals surface area contributed by atoms with Crippen molar-refractivity contribution in [1.29, 1.82) is 0 Å². The number of nitrogens with one attached hydrogen (secondary N) is 1. The van der Waals surface area contributed by atoms with Crippen LogP contribution in [0.5, 0.6) is 0 Å². The fourth-order valence-corrected chi connectivity index (χ4v) is 3.72. The highest BCUT2D eigenvalue weighted by atomic mass is 32.1. The Kier molecular flexibility index (Phi) is 6.05. The molecule has 1 N–H and O–H groups in total. The second-order valence-corrected chi connectivity index (χ2v) is 7.45. The summed E-state index contributed by atoms with van der Waals surface area (Å²) >= 11 is 1.32. The molecule has 1 atom stereocenters. The van der Waals surface area contributed by atoms with E-state index in [-0.39, 0.29) is 23.7 Å². The molecular formula is C17H25N5O2S. The lowest BCUT2D eigenvalue weighted by atomic mass is 10.1. The first-order chi connectivity index (χ1) is 11.7. The van der Waals surface area contributed by atoms with E-state index < -0.39 is 0 Å². The summed E-state index contributed by atoms with van der Waals surface area (Å²) in [6.45, 7) is 11.7. The van der Waals surface area contributed by atoms with Crippen LogP contribution >= 0.6 is 11.5 Å². The van der Waals surface area contributed by atoms with Crippen molar-refractivity contribution in [3.05, 3.63) is 27.5 Å². The molecule has 2 aromatic heterocycles. The average molecular weight is 363 g/mol. The van der Waals surface area contributed by atoms with E-state index in [1.165, 1.54) is 18.5 Å². The van der Waals surface area contributed by atoms with Crippen molar-refractivity contribution in [3.63, 3.8) is 0 Å². The average Bonchev–Trinajstić information content (AvgIpc) is 3.09. The number of amides is 1. The maximum absolute atomic E-state index is 12.3. The zero-order chi connectivity index (χ0) is 18.7. The molecule has 2 aromatic rings. The van der Waals surface area contributed by atoms with E-state index >= 15 is 0 Å². The number of hydrogen-bond acceptors (Lipinski definition) is 6. The van der Waals surface area contributed by atoms with Gasteiger partial charge < -0.3 is 5.32 Å². The van der Waals surface area contributed by atoms with Crippen LogP contribution in [0.3, 0.4) is 0 Å². The number of aryl methyl sites for hydroxylation is 1. The fraction of sp³-hybridized carbons (Fsp3) is 0.588. The second kappa shape index (κ2) is 7.86. The number of ketones is 1. The Hall–Kier alpha value is -2.09. The van der Waals surface area contributed by atoms with Gasteiger partial charge in [0.05, 0.1) is 34.4 Å². The van der Waals surface area contributed by atoms with Crippen molar-refractivity contribution in [1.82, 2.24) is 24.7 Å². The van der Waals surface area contributed by atoms with E-state index in [4.69, 9.17) is 0 Å². The molecule has 8 heteroatoms. The topological polar surface area (TPSA) is 89.8 Å². The molecule has 0 radical (unpaired) electrons. The Bertz CT molecular complexity index is 778. The van der Waals surface area contributed by atoms with Crippen molar-refractivity contribution in [2.24, 2.45) is 0 Å². The first-order valence-corrected chi connectivity index (χ1v) is 9.14. The normalized spacial score (nSPS) is 12.4. The van der Waals surface area contributed by atoms with Gasteiger partial charge in [-0.25, -0.2) is 0 Å². The summed E-state index contributed by atoms with van der Waals surface area (Å²) < 4.78 is 5.73. The third kappa shape index (κ3) is 4.31. The van der Waals surface area contributed by atoms with Crippen LogP contribution in [-0.2, 0) is 11.3 Å². The number of rotatable bonds is 7. The van der Waals surface area contributed by atoms with E-state index in [2.05, 4.69) is 33.8 Å². The van der Waals surface area contributed by atoms with Gasteiger partial charge in [-0.2, -0.15) is 5.10 Å². The molecule has 25 heavy (non-hydrogen) atoms. The monoisotopic (exact) mass is 363 g/mol. The standard InChI is InChI=1S/C17H25N5O2S/c1-9(2)17-14(25-21-19-17)8-18-15(24)7-10(3)22-12(5)16(13(6)23)11(4)20-22/h9-10H,7-8H2,1-6H3,(H,18,24). The highest BCUT2D eigenvalue weighted by molar-refractivity contribution is 7.05. The molecule has 0 saturated carbocycles. The molecule has 136 valence electrons. The molecule has 0 spiro atoms. The van der Waals surface area contributed by atoms with E-state index in [1.807, 2.05) is 20.8 Å². The minimum Gasteiger partial charge on any atom is -0.351 e. The Morgan fingerprint density at radius 1 is 1.24 bits per heavy atom. The van der Waals surface area contributed by atoms with Crippen LogP contribution in [0.25, 0.3) is 0 Å². The molecule has 2 rings (SSSR count). The van der Waals surface area contributed by atoms with Crippen molar-refractivity contribution in [2.45, 2.75) is 66.5 Å². The van der Waals surface area contributed by atoms with Crippen molar-refractivity contribution in [3.8, 4) is 0 Å². The van der Waals surface area contributed by atoms with Gasteiger partial charge in [-0.3, -0.25) is 14.3 Å². The smallest absolute Gasteiger partial charge is 0.222 e. The summed E-state index contributed by atoms with van der Waals surface area (Å²) in [5.41, 5.74) is 3.08. The zero-order valence-electron chi connectivity index (χ0n) is 15.6. The lowest BCUT2D eigenvalue weighted by molar-refractivity contribution is -0.122. The third-order valence-electron chi connectivity index (χ3n) is 4.15. The van der Waals surface area contributed by atoms with Gasteiger partial charge in [0.1, 0.15) is 0 Å². The summed E-state index contributed by atoms with van der Waals surface area (Å²) in [4.78, 5) is 25.0. The van der Waals surface area contributed by atoms with Gasteiger partial charge in [-0.15, -0.1) is 5.10 Å². The van der Waals surface area contributed by atoms with Crippen LogP contribution in [0, 0.1) is 13.8 Å².